The largest absolute Gasteiger partial charge is 0.486 e. The summed E-state index contributed by atoms with van der Waals surface area (Å²) in [4.78, 5) is 12.1. The van der Waals surface area contributed by atoms with Crippen LogP contribution in [-0.4, -0.2) is 19.2 Å². The molecule has 3 rings (SSSR count). The number of halogens is 2. The summed E-state index contributed by atoms with van der Waals surface area (Å²) in [5, 5.41) is 6.83. The van der Waals surface area contributed by atoms with Crippen LogP contribution in [0.3, 0.4) is 0 Å². The van der Waals surface area contributed by atoms with Crippen molar-refractivity contribution in [3.05, 3.63) is 57.6 Å². The van der Waals surface area contributed by atoms with Crippen molar-refractivity contribution in [1.82, 2.24) is 10.6 Å². The second-order valence-electron chi connectivity index (χ2n) is 5.70. The van der Waals surface area contributed by atoms with Crippen LogP contribution >= 0.6 is 23.2 Å². The minimum atomic E-state index is -0.270. The van der Waals surface area contributed by atoms with Crippen molar-refractivity contribution < 1.29 is 14.3 Å². The Kier molecular flexibility index (Phi) is 5.56. The summed E-state index contributed by atoms with van der Waals surface area (Å²) in [5.74, 6) is 1.16. The molecule has 0 aliphatic carbocycles. The third-order valence-corrected chi connectivity index (χ3v) is 4.36. The van der Waals surface area contributed by atoms with Gasteiger partial charge in [-0.1, -0.05) is 35.3 Å². The number of carbonyl (C=O) groups is 1. The lowest BCUT2D eigenvalue weighted by Crippen LogP contribution is -2.36. The number of carbonyl (C=O) groups excluding carboxylic acids is 1. The molecule has 2 aromatic carbocycles. The fraction of sp³-hybridized carbons (Fsp3) is 0.278. The molecule has 5 nitrogen and oxygen atoms in total. The normalized spacial score (nSPS) is 13.9. The Morgan fingerprint density at radius 1 is 1.16 bits per heavy atom. The Labute approximate surface area is 156 Å². The molecule has 2 aromatic rings. The number of fused-ring (bicyclic) bond motifs is 1. The summed E-state index contributed by atoms with van der Waals surface area (Å²) in [6, 6.07) is 10.5. The second kappa shape index (κ2) is 7.85. The van der Waals surface area contributed by atoms with Crippen molar-refractivity contribution in [2.45, 2.75) is 19.5 Å². The molecule has 1 heterocycles. The maximum Gasteiger partial charge on any atom is 0.315 e. The van der Waals surface area contributed by atoms with Crippen LogP contribution in [0.2, 0.25) is 10.0 Å². The van der Waals surface area contributed by atoms with E-state index in [0.29, 0.717) is 41.3 Å². The van der Waals surface area contributed by atoms with Gasteiger partial charge >= 0.3 is 6.03 Å². The van der Waals surface area contributed by atoms with Gasteiger partial charge in [-0.05, 0) is 42.3 Å². The minimum absolute atomic E-state index is 0.138. The van der Waals surface area contributed by atoms with Crippen molar-refractivity contribution in [1.29, 1.82) is 0 Å². The van der Waals surface area contributed by atoms with E-state index in [-0.39, 0.29) is 12.1 Å². The second-order valence-corrected chi connectivity index (χ2v) is 6.55. The van der Waals surface area contributed by atoms with Gasteiger partial charge in [-0.15, -0.1) is 0 Å². The van der Waals surface area contributed by atoms with Gasteiger partial charge in [0.05, 0.1) is 11.1 Å². The SMILES string of the molecule is CC(NC(=O)NCc1cc(Cl)c2c(c1)OCCO2)c1ccc(Cl)cc1. The zero-order valence-electron chi connectivity index (χ0n) is 13.6. The highest BCUT2D eigenvalue weighted by molar-refractivity contribution is 6.32. The molecule has 1 atom stereocenters. The lowest BCUT2D eigenvalue weighted by Gasteiger charge is -2.20. The zero-order valence-corrected chi connectivity index (χ0v) is 15.2. The molecule has 2 amide bonds. The van der Waals surface area contributed by atoms with Gasteiger partial charge in [0.25, 0.3) is 0 Å². The van der Waals surface area contributed by atoms with Crippen molar-refractivity contribution >= 4 is 29.2 Å². The van der Waals surface area contributed by atoms with Crippen molar-refractivity contribution in [3.63, 3.8) is 0 Å². The minimum Gasteiger partial charge on any atom is -0.486 e. The zero-order chi connectivity index (χ0) is 17.8. The van der Waals surface area contributed by atoms with Crippen molar-refractivity contribution in [3.8, 4) is 11.5 Å². The molecular weight excluding hydrogens is 363 g/mol. The first-order chi connectivity index (χ1) is 12.0. The molecule has 2 N–H and O–H groups in total. The number of nitrogens with one attached hydrogen (secondary N) is 2. The number of hydrogen-bond donors (Lipinski definition) is 2. The van der Waals surface area contributed by atoms with E-state index in [1.807, 2.05) is 25.1 Å². The highest BCUT2D eigenvalue weighted by Gasteiger charge is 2.17. The number of ether oxygens (including phenoxy) is 2. The lowest BCUT2D eigenvalue weighted by molar-refractivity contribution is 0.171. The van der Waals surface area contributed by atoms with Gasteiger partial charge in [0.2, 0.25) is 0 Å². The Balaban J connectivity index is 1.57. The number of urea groups is 1. The van der Waals surface area contributed by atoms with Gasteiger partial charge in [0.1, 0.15) is 13.2 Å². The van der Waals surface area contributed by atoms with Crippen LogP contribution in [0.25, 0.3) is 0 Å². The van der Waals surface area contributed by atoms with Crippen LogP contribution in [0.1, 0.15) is 24.1 Å². The summed E-state index contributed by atoms with van der Waals surface area (Å²) in [6.07, 6.45) is 0. The van der Waals surface area contributed by atoms with E-state index >= 15 is 0 Å². The highest BCUT2D eigenvalue weighted by Crippen LogP contribution is 2.38. The Bertz CT molecular complexity index is 766. The Morgan fingerprint density at radius 2 is 1.88 bits per heavy atom. The first-order valence-corrected chi connectivity index (χ1v) is 8.66. The summed E-state index contributed by atoms with van der Waals surface area (Å²) >= 11 is 12.1. The molecule has 132 valence electrons. The first-order valence-electron chi connectivity index (χ1n) is 7.91. The fourth-order valence-electron chi connectivity index (χ4n) is 2.53. The van der Waals surface area contributed by atoms with Crippen molar-refractivity contribution in [2.24, 2.45) is 0 Å². The van der Waals surface area contributed by atoms with Crippen LogP contribution in [0, 0.1) is 0 Å². The van der Waals surface area contributed by atoms with Crippen LogP contribution in [0.4, 0.5) is 4.79 Å². The summed E-state index contributed by atoms with van der Waals surface area (Å²) in [7, 11) is 0. The van der Waals surface area contributed by atoms with E-state index in [0.717, 1.165) is 11.1 Å². The topological polar surface area (TPSA) is 59.6 Å². The van der Waals surface area contributed by atoms with Gasteiger partial charge in [0, 0.05) is 11.6 Å². The van der Waals surface area contributed by atoms with Gasteiger partial charge in [-0.25, -0.2) is 4.79 Å². The van der Waals surface area contributed by atoms with Crippen LogP contribution in [0.15, 0.2) is 36.4 Å². The maximum absolute atomic E-state index is 12.1. The molecule has 0 aromatic heterocycles. The smallest absolute Gasteiger partial charge is 0.315 e. The number of amides is 2. The molecule has 1 aliphatic rings. The average Bonchev–Trinajstić information content (AvgIpc) is 2.60. The number of rotatable bonds is 4. The molecule has 7 heteroatoms. The van der Waals surface area contributed by atoms with Crippen molar-refractivity contribution in [2.75, 3.05) is 13.2 Å². The molecule has 1 aliphatic heterocycles. The van der Waals surface area contributed by atoms with Gasteiger partial charge in [-0.3, -0.25) is 0 Å². The molecule has 1 unspecified atom stereocenters. The predicted octanol–water partition coefficient (Wildman–Crippen LogP) is 4.33. The van der Waals surface area contributed by atoms with E-state index in [1.165, 1.54) is 0 Å². The van der Waals surface area contributed by atoms with E-state index in [9.17, 15) is 4.79 Å². The molecule has 0 spiro atoms. The average molecular weight is 381 g/mol. The summed E-state index contributed by atoms with van der Waals surface area (Å²) in [5.41, 5.74) is 1.81. The van der Waals surface area contributed by atoms with E-state index in [2.05, 4.69) is 10.6 Å². The predicted molar refractivity (Wildman–Crippen MR) is 97.7 cm³/mol. The van der Waals surface area contributed by atoms with E-state index in [4.69, 9.17) is 32.7 Å². The molecular formula is C18H18Cl2N2O3. The molecule has 0 bridgehead atoms. The maximum atomic E-state index is 12.1. The highest BCUT2D eigenvalue weighted by atomic mass is 35.5. The first kappa shape index (κ1) is 17.7. The van der Waals surface area contributed by atoms with E-state index in [1.54, 1.807) is 18.2 Å². The molecule has 25 heavy (non-hydrogen) atoms. The Hall–Kier alpha value is -2.11. The third-order valence-electron chi connectivity index (χ3n) is 3.83. The quantitative estimate of drug-likeness (QED) is 0.829. The lowest BCUT2D eigenvalue weighted by atomic mass is 10.1. The van der Waals surface area contributed by atoms with E-state index < -0.39 is 0 Å². The standard InChI is InChI=1S/C18H18Cl2N2O3/c1-11(13-2-4-14(19)5-3-13)22-18(23)21-10-12-8-15(20)17-16(9-12)24-6-7-25-17/h2-5,8-9,11H,6-7,10H2,1H3,(H2,21,22,23). The number of benzene rings is 2. The number of hydrogen-bond acceptors (Lipinski definition) is 3. The molecule has 0 saturated carbocycles. The third kappa shape index (κ3) is 4.50. The van der Waals surface area contributed by atoms with Crippen LogP contribution in [-0.2, 0) is 6.54 Å². The monoisotopic (exact) mass is 380 g/mol. The van der Waals surface area contributed by atoms with Gasteiger partial charge < -0.3 is 20.1 Å². The van der Waals surface area contributed by atoms with Crippen LogP contribution < -0.4 is 20.1 Å². The fourth-order valence-corrected chi connectivity index (χ4v) is 2.94. The molecule has 0 saturated heterocycles. The van der Waals surface area contributed by atoms with Gasteiger partial charge in [0.15, 0.2) is 11.5 Å². The summed E-state index contributed by atoms with van der Waals surface area (Å²) < 4.78 is 11.0. The van der Waals surface area contributed by atoms with Crippen LogP contribution in [0.5, 0.6) is 11.5 Å². The summed E-state index contributed by atoms with van der Waals surface area (Å²) in [6.45, 7) is 3.20. The Morgan fingerprint density at radius 3 is 2.64 bits per heavy atom. The molecule has 0 radical (unpaired) electrons. The molecule has 0 fully saturated rings. The van der Waals surface area contributed by atoms with Gasteiger partial charge in [-0.2, -0.15) is 0 Å².